The Hall–Kier alpha value is -4.10. The van der Waals surface area contributed by atoms with Gasteiger partial charge in [0, 0.05) is 19.6 Å². The quantitative estimate of drug-likeness (QED) is 0.239. The predicted molar refractivity (Wildman–Crippen MR) is 134 cm³/mol. The number of alkyl halides is 3. The molecule has 7 heteroatoms. The van der Waals surface area contributed by atoms with Crippen LogP contribution in [-0.4, -0.2) is 22.5 Å². The minimum atomic E-state index is -4.43. The normalized spacial score (nSPS) is 13.7. The van der Waals surface area contributed by atoms with E-state index in [0.29, 0.717) is 16.9 Å². The first-order valence-corrected chi connectivity index (χ1v) is 11.9. The lowest BCUT2D eigenvalue weighted by atomic mass is 9.98. The van der Waals surface area contributed by atoms with Crippen molar-refractivity contribution in [3.05, 3.63) is 119 Å². The van der Waals surface area contributed by atoms with Crippen LogP contribution in [-0.2, 0) is 25.7 Å². The van der Waals surface area contributed by atoms with Crippen LogP contribution in [0.1, 0.15) is 32.6 Å². The molecule has 1 aliphatic heterocycles. The molecule has 188 valence electrons. The first-order valence-electron chi connectivity index (χ1n) is 11.9. The first kappa shape index (κ1) is 24.6. The molecule has 0 unspecified atom stereocenters. The van der Waals surface area contributed by atoms with Gasteiger partial charge in [0.05, 0.1) is 11.1 Å². The van der Waals surface area contributed by atoms with Crippen molar-refractivity contribution in [1.82, 2.24) is 4.90 Å². The van der Waals surface area contributed by atoms with Crippen molar-refractivity contribution in [2.45, 2.75) is 25.7 Å². The van der Waals surface area contributed by atoms with Crippen LogP contribution in [0, 0.1) is 0 Å². The molecule has 1 aliphatic rings. The van der Waals surface area contributed by atoms with Crippen LogP contribution in [0.5, 0.6) is 11.5 Å². The van der Waals surface area contributed by atoms with Crippen molar-refractivity contribution >= 4 is 5.97 Å². The third kappa shape index (κ3) is 5.67. The summed E-state index contributed by atoms with van der Waals surface area (Å²) in [7, 11) is 0. The number of rotatable bonds is 5. The summed E-state index contributed by atoms with van der Waals surface area (Å²) in [6, 6.07) is 24.3. The van der Waals surface area contributed by atoms with Crippen molar-refractivity contribution in [1.29, 1.82) is 0 Å². The summed E-state index contributed by atoms with van der Waals surface area (Å²) in [5, 5.41) is 9.71. The van der Waals surface area contributed by atoms with E-state index in [-0.39, 0.29) is 11.3 Å². The number of carbonyl (C=O) groups excluding carboxylic acids is 1. The molecule has 4 aromatic rings. The molecule has 0 radical (unpaired) electrons. The molecule has 0 spiro atoms. The molecule has 0 amide bonds. The van der Waals surface area contributed by atoms with E-state index >= 15 is 0 Å². The van der Waals surface area contributed by atoms with Crippen LogP contribution < -0.4 is 4.74 Å². The van der Waals surface area contributed by atoms with Gasteiger partial charge in [-0.25, -0.2) is 4.79 Å². The highest BCUT2D eigenvalue weighted by atomic mass is 19.4. The topological polar surface area (TPSA) is 49.8 Å². The summed E-state index contributed by atoms with van der Waals surface area (Å²) >= 11 is 0. The number of carbonyl (C=O) groups is 1. The predicted octanol–water partition coefficient (Wildman–Crippen LogP) is 6.86. The summed E-state index contributed by atoms with van der Waals surface area (Å²) in [4.78, 5) is 15.3. The SMILES string of the molecule is O=C(Oc1ccc2c(c1)CCN(Cc1cccc(O)c1)C2)c1ccccc1-c1ccc(C(F)(F)F)cc1. The molecule has 0 atom stereocenters. The van der Waals surface area contributed by atoms with Crippen LogP contribution in [0.15, 0.2) is 91.0 Å². The van der Waals surface area contributed by atoms with E-state index in [1.54, 1.807) is 42.5 Å². The van der Waals surface area contributed by atoms with E-state index < -0.39 is 17.7 Å². The molecule has 0 fully saturated rings. The van der Waals surface area contributed by atoms with Gasteiger partial charge in [-0.2, -0.15) is 13.2 Å². The molecule has 1 N–H and O–H groups in total. The van der Waals surface area contributed by atoms with Crippen molar-refractivity contribution < 1.29 is 27.8 Å². The monoisotopic (exact) mass is 503 g/mol. The smallest absolute Gasteiger partial charge is 0.416 e. The second kappa shape index (κ2) is 10.1. The Kier molecular flexibility index (Phi) is 6.72. The van der Waals surface area contributed by atoms with Gasteiger partial charge in [-0.3, -0.25) is 4.90 Å². The second-order valence-corrected chi connectivity index (χ2v) is 9.07. The zero-order valence-electron chi connectivity index (χ0n) is 19.8. The van der Waals surface area contributed by atoms with Crippen molar-refractivity contribution in [3.63, 3.8) is 0 Å². The van der Waals surface area contributed by atoms with E-state index in [1.165, 1.54) is 12.1 Å². The number of fused-ring (bicyclic) bond motifs is 1. The largest absolute Gasteiger partial charge is 0.508 e. The van der Waals surface area contributed by atoms with Crippen LogP contribution in [0.4, 0.5) is 13.2 Å². The average Bonchev–Trinajstić information content (AvgIpc) is 2.88. The maximum Gasteiger partial charge on any atom is 0.416 e. The summed E-state index contributed by atoms with van der Waals surface area (Å²) in [6.07, 6.45) is -3.63. The van der Waals surface area contributed by atoms with Crippen molar-refractivity contribution in [2.24, 2.45) is 0 Å². The summed E-state index contributed by atoms with van der Waals surface area (Å²) < 4.78 is 44.5. The Morgan fingerprint density at radius 3 is 2.43 bits per heavy atom. The van der Waals surface area contributed by atoms with Crippen LogP contribution >= 0.6 is 0 Å². The van der Waals surface area contributed by atoms with Crippen LogP contribution in [0.2, 0.25) is 0 Å². The van der Waals surface area contributed by atoms with Crippen molar-refractivity contribution in [2.75, 3.05) is 6.54 Å². The maximum atomic E-state index is 13.1. The number of phenolic OH excluding ortho intramolecular Hbond substituents is 1. The van der Waals surface area contributed by atoms with Gasteiger partial charge in [-0.15, -0.1) is 0 Å². The lowest BCUT2D eigenvalue weighted by Crippen LogP contribution is -2.30. The van der Waals surface area contributed by atoms with E-state index in [9.17, 15) is 23.1 Å². The Morgan fingerprint density at radius 2 is 1.68 bits per heavy atom. The highest BCUT2D eigenvalue weighted by Crippen LogP contribution is 2.32. The van der Waals surface area contributed by atoms with Gasteiger partial charge >= 0.3 is 12.1 Å². The molecule has 0 aromatic heterocycles. The van der Waals surface area contributed by atoms with Gasteiger partial charge in [0.2, 0.25) is 0 Å². The number of benzene rings is 4. The average molecular weight is 504 g/mol. The lowest BCUT2D eigenvalue weighted by Gasteiger charge is -2.29. The molecule has 5 rings (SSSR count). The number of hydrogen-bond acceptors (Lipinski definition) is 4. The molecule has 0 bridgehead atoms. The molecule has 1 heterocycles. The number of nitrogens with zero attached hydrogens (tertiary/aromatic N) is 1. The minimum Gasteiger partial charge on any atom is -0.508 e. The molecular weight excluding hydrogens is 479 g/mol. The number of aromatic hydroxyl groups is 1. The standard InChI is InChI=1S/C30H24F3NO3/c31-30(32,33)24-11-8-21(9-12-24)27-6-1-2-7-28(27)29(36)37-26-13-10-23-19-34(15-14-22(23)17-26)18-20-4-3-5-25(35)16-20/h1-13,16-17,35H,14-15,18-19H2. The highest BCUT2D eigenvalue weighted by Gasteiger charge is 2.30. The molecule has 0 aliphatic carbocycles. The number of ether oxygens (including phenoxy) is 1. The lowest BCUT2D eigenvalue weighted by molar-refractivity contribution is -0.137. The Balaban J connectivity index is 1.30. The fraction of sp³-hybridized carbons (Fsp3) is 0.167. The fourth-order valence-corrected chi connectivity index (χ4v) is 4.61. The van der Waals surface area contributed by atoms with Gasteiger partial charge in [0.15, 0.2) is 0 Å². The number of hydrogen-bond donors (Lipinski definition) is 1. The Morgan fingerprint density at radius 1 is 0.892 bits per heavy atom. The summed E-state index contributed by atoms with van der Waals surface area (Å²) in [5.41, 5.74) is 3.83. The van der Waals surface area contributed by atoms with Gasteiger partial charge in [-0.05, 0) is 76.7 Å². The molecular formula is C30H24F3NO3. The molecule has 4 nitrogen and oxygen atoms in total. The van der Waals surface area contributed by atoms with Gasteiger partial charge in [0.1, 0.15) is 11.5 Å². The van der Waals surface area contributed by atoms with Crippen LogP contribution in [0.3, 0.4) is 0 Å². The van der Waals surface area contributed by atoms with E-state index in [2.05, 4.69) is 4.90 Å². The highest BCUT2D eigenvalue weighted by molar-refractivity contribution is 5.98. The molecule has 4 aromatic carbocycles. The fourth-order valence-electron chi connectivity index (χ4n) is 4.61. The van der Waals surface area contributed by atoms with Crippen LogP contribution in [0.25, 0.3) is 11.1 Å². The third-order valence-corrected chi connectivity index (χ3v) is 6.47. The Bertz CT molecular complexity index is 1430. The van der Waals surface area contributed by atoms with E-state index in [1.807, 2.05) is 24.3 Å². The zero-order valence-corrected chi connectivity index (χ0v) is 19.8. The molecule has 0 saturated carbocycles. The molecule has 37 heavy (non-hydrogen) atoms. The van der Waals surface area contributed by atoms with Crippen molar-refractivity contribution in [3.8, 4) is 22.6 Å². The zero-order chi connectivity index (χ0) is 26.0. The number of phenols is 1. The van der Waals surface area contributed by atoms with Gasteiger partial charge in [0.25, 0.3) is 0 Å². The molecule has 0 saturated heterocycles. The van der Waals surface area contributed by atoms with Gasteiger partial charge < -0.3 is 9.84 Å². The maximum absolute atomic E-state index is 13.1. The minimum absolute atomic E-state index is 0.251. The Labute approximate surface area is 212 Å². The number of halogens is 3. The van der Waals surface area contributed by atoms with E-state index in [4.69, 9.17) is 4.74 Å². The van der Waals surface area contributed by atoms with E-state index in [0.717, 1.165) is 54.9 Å². The second-order valence-electron chi connectivity index (χ2n) is 9.07. The third-order valence-electron chi connectivity index (χ3n) is 6.47. The number of esters is 1. The summed E-state index contributed by atoms with van der Waals surface area (Å²) in [6.45, 7) is 2.30. The van der Waals surface area contributed by atoms with Gasteiger partial charge in [-0.1, -0.05) is 48.5 Å². The first-order chi connectivity index (χ1) is 17.8. The summed E-state index contributed by atoms with van der Waals surface area (Å²) in [5.74, 6) is 0.102.